The van der Waals surface area contributed by atoms with Gasteiger partial charge in [0, 0.05) is 0 Å². The van der Waals surface area contributed by atoms with Gasteiger partial charge in [0.2, 0.25) is 0 Å². The van der Waals surface area contributed by atoms with Crippen molar-refractivity contribution < 1.29 is 19.1 Å². The molecule has 0 aliphatic rings. The summed E-state index contributed by atoms with van der Waals surface area (Å²) in [6.07, 6.45) is 1.77. The summed E-state index contributed by atoms with van der Waals surface area (Å²) in [7, 11) is 0. The van der Waals surface area contributed by atoms with Crippen LogP contribution in [0.4, 0.5) is 5.13 Å². The van der Waals surface area contributed by atoms with Crippen molar-refractivity contribution in [3.05, 3.63) is 59.1 Å². The van der Waals surface area contributed by atoms with Gasteiger partial charge < -0.3 is 9.47 Å². The Kier molecular flexibility index (Phi) is 8.35. The summed E-state index contributed by atoms with van der Waals surface area (Å²) in [4.78, 5) is 31.7. The summed E-state index contributed by atoms with van der Waals surface area (Å²) in [6.45, 7) is 9.90. The van der Waals surface area contributed by atoms with E-state index < -0.39 is 12.1 Å². The first-order chi connectivity index (χ1) is 13.5. The molecule has 1 atom stereocenters. The highest BCUT2D eigenvalue weighted by Gasteiger charge is 2.27. The van der Waals surface area contributed by atoms with E-state index in [4.69, 9.17) is 9.47 Å². The Morgan fingerprint density at radius 3 is 2.68 bits per heavy atom. The predicted molar refractivity (Wildman–Crippen MR) is 111 cm³/mol. The van der Waals surface area contributed by atoms with E-state index in [0.29, 0.717) is 35.3 Å². The molecule has 1 amide bonds. The molecule has 1 aromatic heterocycles. The van der Waals surface area contributed by atoms with Crippen LogP contribution in [0.3, 0.4) is 0 Å². The highest BCUT2D eigenvalue weighted by Crippen LogP contribution is 2.29. The first-order valence-electron chi connectivity index (χ1n) is 9.20. The van der Waals surface area contributed by atoms with Crippen LogP contribution in [0.2, 0.25) is 0 Å². The van der Waals surface area contributed by atoms with Crippen molar-refractivity contribution >= 4 is 28.3 Å². The Labute approximate surface area is 169 Å². The van der Waals surface area contributed by atoms with Crippen LogP contribution in [0, 0.1) is 6.92 Å². The van der Waals surface area contributed by atoms with E-state index in [9.17, 15) is 9.59 Å². The van der Waals surface area contributed by atoms with Crippen LogP contribution in [0.5, 0.6) is 0 Å². The lowest BCUT2D eigenvalue weighted by Crippen LogP contribution is -2.39. The third-order valence-electron chi connectivity index (χ3n) is 3.96. The van der Waals surface area contributed by atoms with Gasteiger partial charge in [-0.25, -0.2) is 9.78 Å². The fourth-order valence-electron chi connectivity index (χ4n) is 2.51. The number of amides is 1. The molecule has 0 aliphatic heterocycles. The number of nitrogens with zero attached hydrogens (tertiary/aromatic N) is 2. The Hall–Kier alpha value is -2.51. The minimum Gasteiger partial charge on any atom is -0.462 e. The molecule has 0 aliphatic carbocycles. The maximum Gasteiger partial charge on any atom is 0.350 e. The number of aromatic nitrogens is 1. The molecule has 0 bridgehead atoms. The summed E-state index contributed by atoms with van der Waals surface area (Å²) in [5, 5.41) is 0.452. The van der Waals surface area contributed by atoms with Crippen molar-refractivity contribution in [1.29, 1.82) is 0 Å². The Bertz CT molecular complexity index is 804. The summed E-state index contributed by atoms with van der Waals surface area (Å²) >= 11 is 1.16. The number of hydrogen-bond acceptors (Lipinski definition) is 6. The van der Waals surface area contributed by atoms with E-state index in [2.05, 4.69) is 11.6 Å². The molecule has 1 unspecified atom stereocenters. The van der Waals surface area contributed by atoms with Crippen LogP contribution in [-0.2, 0) is 20.8 Å². The number of thiazole rings is 1. The van der Waals surface area contributed by atoms with Crippen molar-refractivity contribution in [2.24, 2.45) is 0 Å². The molecule has 0 saturated carbocycles. The van der Waals surface area contributed by atoms with Crippen LogP contribution in [-0.4, -0.2) is 36.2 Å². The number of aryl methyl sites for hydroxylation is 1. The number of hydrogen-bond donors (Lipinski definition) is 0. The molecule has 7 heteroatoms. The Morgan fingerprint density at radius 1 is 1.32 bits per heavy atom. The van der Waals surface area contributed by atoms with E-state index >= 15 is 0 Å². The monoisotopic (exact) mass is 402 g/mol. The number of esters is 1. The SMILES string of the molecule is C=CCCOC(C)C(=O)N(Cc1ccccc1)c1nc(C)c(C(=O)OCC)s1. The number of benzene rings is 1. The van der Waals surface area contributed by atoms with Crippen LogP contribution >= 0.6 is 11.3 Å². The average Bonchev–Trinajstić information content (AvgIpc) is 3.08. The molecule has 28 heavy (non-hydrogen) atoms. The van der Waals surface area contributed by atoms with E-state index in [0.717, 1.165) is 16.9 Å². The molecule has 0 saturated heterocycles. The minimum atomic E-state index is -0.640. The smallest absolute Gasteiger partial charge is 0.350 e. The molecule has 150 valence electrons. The third kappa shape index (κ3) is 5.74. The Morgan fingerprint density at radius 2 is 2.04 bits per heavy atom. The maximum atomic E-state index is 13.1. The van der Waals surface area contributed by atoms with Crippen molar-refractivity contribution in [2.75, 3.05) is 18.1 Å². The zero-order chi connectivity index (χ0) is 20.5. The lowest BCUT2D eigenvalue weighted by molar-refractivity contribution is -0.129. The number of carbonyl (C=O) groups excluding carboxylic acids is 2. The summed E-state index contributed by atoms with van der Waals surface area (Å²) in [5.41, 5.74) is 1.50. The fourth-order valence-corrected chi connectivity index (χ4v) is 3.47. The topological polar surface area (TPSA) is 68.7 Å². The van der Waals surface area contributed by atoms with Gasteiger partial charge >= 0.3 is 5.97 Å². The molecule has 0 spiro atoms. The summed E-state index contributed by atoms with van der Waals surface area (Å²) < 4.78 is 10.7. The number of carbonyl (C=O) groups is 2. The predicted octanol–water partition coefficient (Wildman–Crippen LogP) is 4.14. The normalized spacial score (nSPS) is 11.7. The van der Waals surface area contributed by atoms with Gasteiger partial charge in [0.15, 0.2) is 5.13 Å². The lowest BCUT2D eigenvalue weighted by atomic mass is 10.2. The van der Waals surface area contributed by atoms with Crippen LogP contribution in [0.25, 0.3) is 0 Å². The fraction of sp³-hybridized carbons (Fsp3) is 0.381. The van der Waals surface area contributed by atoms with Crippen molar-refractivity contribution in [2.45, 2.75) is 39.8 Å². The molecule has 2 rings (SSSR count). The Balaban J connectivity index is 2.30. The van der Waals surface area contributed by atoms with Crippen LogP contribution < -0.4 is 4.90 Å². The molecular formula is C21H26N2O4S. The number of rotatable bonds is 10. The molecule has 0 fully saturated rings. The first kappa shape index (κ1) is 21.8. The average molecular weight is 403 g/mol. The van der Waals surface area contributed by atoms with Gasteiger partial charge in [-0.15, -0.1) is 6.58 Å². The first-order valence-corrected chi connectivity index (χ1v) is 10.0. The third-order valence-corrected chi connectivity index (χ3v) is 5.12. The van der Waals surface area contributed by atoms with E-state index in [-0.39, 0.29) is 12.5 Å². The van der Waals surface area contributed by atoms with Crippen LogP contribution in [0.1, 0.15) is 41.2 Å². The van der Waals surface area contributed by atoms with E-state index in [1.165, 1.54) is 0 Å². The van der Waals surface area contributed by atoms with Gasteiger partial charge in [-0.05, 0) is 32.8 Å². The maximum absolute atomic E-state index is 13.1. The second kappa shape index (κ2) is 10.7. The highest BCUT2D eigenvalue weighted by molar-refractivity contribution is 7.17. The summed E-state index contributed by atoms with van der Waals surface area (Å²) in [6, 6.07) is 9.63. The van der Waals surface area contributed by atoms with E-state index in [1.807, 2.05) is 30.3 Å². The minimum absolute atomic E-state index is 0.211. The second-order valence-electron chi connectivity index (χ2n) is 6.13. The van der Waals surface area contributed by atoms with Crippen molar-refractivity contribution in [1.82, 2.24) is 4.98 Å². The lowest BCUT2D eigenvalue weighted by Gasteiger charge is -2.23. The standard InChI is InChI=1S/C21H26N2O4S/c1-5-7-13-27-16(4)19(24)23(14-17-11-9-8-10-12-17)21-22-15(3)18(28-21)20(25)26-6-2/h5,8-12,16H,1,6-7,13-14H2,2-4H3. The molecule has 0 N–H and O–H groups in total. The van der Waals surface area contributed by atoms with Crippen molar-refractivity contribution in [3.8, 4) is 0 Å². The largest absolute Gasteiger partial charge is 0.462 e. The number of anilines is 1. The second-order valence-corrected chi connectivity index (χ2v) is 7.11. The van der Waals surface area contributed by atoms with E-state index in [1.54, 1.807) is 31.7 Å². The molecule has 6 nitrogen and oxygen atoms in total. The van der Waals surface area contributed by atoms with Gasteiger partial charge in [-0.3, -0.25) is 9.69 Å². The van der Waals surface area contributed by atoms with Gasteiger partial charge in [-0.2, -0.15) is 0 Å². The van der Waals surface area contributed by atoms with Gasteiger partial charge in [0.05, 0.1) is 25.5 Å². The zero-order valence-corrected chi connectivity index (χ0v) is 17.3. The molecule has 1 aromatic carbocycles. The quantitative estimate of drug-likeness (QED) is 0.339. The summed E-state index contributed by atoms with van der Waals surface area (Å²) in [5.74, 6) is -0.636. The van der Waals surface area contributed by atoms with Crippen LogP contribution in [0.15, 0.2) is 43.0 Å². The molecule has 0 radical (unpaired) electrons. The highest BCUT2D eigenvalue weighted by atomic mass is 32.1. The molecular weight excluding hydrogens is 376 g/mol. The molecule has 2 aromatic rings. The number of ether oxygens (including phenoxy) is 2. The molecule has 1 heterocycles. The van der Waals surface area contributed by atoms with Gasteiger partial charge in [0.1, 0.15) is 11.0 Å². The van der Waals surface area contributed by atoms with Crippen molar-refractivity contribution in [3.63, 3.8) is 0 Å². The van der Waals surface area contributed by atoms with Gasteiger partial charge in [-0.1, -0.05) is 47.7 Å². The van der Waals surface area contributed by atoms with Gasteiger partial charge in [0.25, 0.3) is 5.91 Å². The zero-order valence-electron chi connectivity index (χ0n) is 16.5.